The first-order chi connectivity index (χ1) is 16.2. The van der Waals surface area contributed by atoms with E-state index in [4.69, 9.17) is 27.7 Å². The number of thioether (sulfide) groups is 1. The first-order valence-electron chi connectivity index (χ1n) is 10.7. The Labute approximate surface area is 217 Å². The van der Waals surface area contributed by atoms with Crippen LogP contribution >= 0.6 is 39.3 Å². The molecule has 5 N–H and O–H groups in total. The van der Waals surface area contributed by atoms with Crippen LogP contribution in [0.5, 0.6) is 0 Å². The molecular formula is C24H28BrClN4O3S. The van der Waals surface area contributed by atoms with E-state index in [2.05, 4.69) is 21.2 Å². The number of halogens is 2. The van der Waals surface area contributed by atoms with Crippen LogP contribution in [0.1, 0.15) is 31.7 Å². The predicted octanol–water partition coefficient (Wildman–Crippen LogP) is 5.56. The number of carbonyl (C=O) groups is 2. The Kier molecular flexibility index (Phi) is 11.1. The molecule has 0 heterocycles. The molecule has 2 aromatic rings. The number of hydrogen-bond acceptors (Lipinski definition) is 6. The normalized spacial score (nSPS) is 13.2. The number of carboxylic acids is 1. The molecule has 10 heteroatoms. The molecule has 0 bridgehead atoms. The van der Waals surface area contributed by atoms with Crippen LogP contribution in [0.2, 0.25) is 5.02 Å². The van der Waals surface area contributed by atoms with Crippen molar-refractivity contribution in [1.29, 1.82) is 5.41 Å². The Bertz CT molecular complexity index is 1060. The number of anilines is 1. The molecule has 0 saturated carbocycles. The highest BCUT2D eigenvalue weighted by Gasteiger charge is 2.29. The van der Waals surface area contributed by atoms with E-state index in [1.54, 1.807) is 30.0 Å². The predicted molar refractivity (Wildman–Crippen MR) is 145 cm³/mol. The fourth-order valence-corrected chi connectivity index (χ4v) is 4.28. The van der Waals surface area contributed by atoms with E-state index in [-0.39, 0.29) is 5.71 Å². The number of amides is 1. The molecule has 2 unspecified atom stereocenters. The number of aliphatic carboxylic acids is 1. The molecule has 0 aliphatic heterocycles. The summed E-state index contributed by atoms with van der Waals surface area (Å²) in [7, 11) is 0. The maximum absolute atomic E-state index is 12.9. The van der Waals surface area contributed by atoms with Crippen LogP contribution in [0.25, 0.3) is 0 Å². The van der Waals surface area contributed by atoms with E-state index in [1.807, 2.05) is 37.4 Å². The molecule has 0 fully saturated rings. The van der Waals surface area contributed by atoms with E-state index >= 15 is 0 Å². The lowest BCUT2D eigenvalue weighted by Gasteiger charge is -2.21. The van der Waals surface area contributed by atoms with Crippen LogP contribution in [0.3, 0.4) is 0 Å². The van der Waals surface area contributed by atoms with E-state index in [0.717, 1.165) is 15.8 Å². The molecule has 0 aromatic heterocycles. The molecule has 0 saturated heterocycles. The second-order valence-corrected chi connectivity index (χ2v) is 9.90. The monoisotopic (exact) mass is 566 g/mol. The summed E-state index contributed by atoms with van der Waals surface area (Å²) in [6, 6.07) is 11.3. The minimum Gasteiger partial charge on any atom is -0.480 e. The Morgan fingerprint density at radius 3 is 2.50 bits per heavy atom. The zero-order chi connectivity index (χ0) is 25.3. The summed E-state index contributed by atoms with van der Waals surface area (Å²) < 4.78 is 0.872. The summed E-state index contributed by atoms with van der Waals surface area (Å²) in [6.45, 7) is 1.85. The summed E-state index contributed by atoms with van der Waals surface area (Å²) in [5.41, 5.74) is 7.70. The maximum Gasteiger partial charge on any atom is 0.326 e. The number of carbonyl (C=O) groups excluding carboxylic acids is 1. The molecule has 1 amide bonds. The first-order valence-corrected chi connectivity index (χ1v) is 13.2. The van der Waals surface area contributed by atoms with E-state index in [0.29, 0.717) is 41.4 Å². The van der Waals surface area contributed by atoms with Crippen molar-refractivity contribution in [2.24, 2.45) is 10.9 Å². The average molecular weight is 568 g/mol. The standard InChI is InChI=1S/C24H28BrClN4O3S/c1-3-17(21(28)23(31)30-20(24(32)33)5-4-12-34-2)22(14-6-8-15(25)9-7-14)29-19-11-10-16(27)13-18(19)26/h6-11,13,17,20,28H,3-5,12,27H2,1-2H3,(H,30,31)(H,32,33). The van der Waals surface area contributed by atoms with Crippen molar-refractivity contribution in [2.45, 2.75) is 32.2 Å². The van der Waals surface area contributed by atoms with Gasteiger partial charge >= 0.3 is 5.97 Å². The lowest BCUT2D eigenvalue weighted by atomic mass is 9.89. The van der Waals surface area contributed by atoms with Crippen LogP contribution in [-0.2, 0) is 9.59 Å². The number of hydrogen-bond donors (Lipinski definition) is 4. The zero-order valence-electron chi connectivity index (χ0n) is 19.0. The zero-order valence-corrected chi connectivity index (χ0v) is 22.1. The Morgan fingerprint density at radius 2 is 1.94 bits per heavy atom. The molecule has 2 atom stereocenters. The van der Waals surface area contributed by atoms with Crippen molar-refractivity contribution in [1.82, 2.24) is 5.32 Å². The Balaban J connectivity index is 2.41. The summed E-state index contributed by atoms with van der Waals surface area (Å²) in [6.07, 6.45) is 3.27. The van der Waals surface area contributed by atoms with Crippen LogP contribution in [0.4, 0.5) is 11.4 Å². The van der Waals surface area contributed by atoms with E-state index < -0.39 is 23.8 Å². The summed E-state index contributed by atoms with van der Waals surface area (Å²) >= 11 is 11.4. The minimum atomic E-state index is -1.12. The number of nitrogens with zero attached hydrogens (tertiary/aromatic N) is 1. The van der Waals surface area contributed by atoms with Gasteiger partial charge in [-0.2, -0.15) is 11.8 Å². The van der Waals surface area contributed by atoms with Gasteiger partial charge in [0, 0.05) is 16.1 Å². The molecule has 0 radical (unpaired) electrons. The number of nitrogen functional groups attached to an aromatic ring is 1. The Hall–Kier alpha value is -2.36. The van der Waals surface area contributed by atoms with Gasteiger partial charge in [0.05, 0.1) is 16.4 Å². The quantitative estimate of drug-likeness (QED) is 0.152. The fourth-order valence-electron chi connectivity index (χ4n) is 3.33. The molecule has 0 aliphatic rings. The number of nitrogens with two attached hydrogens (primary N) is 1. The molecule has 182 valence electrons. The third-order valence-electron chi connectivity index (χ3n) is 5.13. The van der Waals surface area contributed by atoms with Gasteiger partial charge < -0.3 is 16.2 Å². The van der Waals surface area contributed by atoms with Gasteiger partial charge in [-0.25, -0.2) is 4.79 Å². The smallest absolute Gasteiger partial charge is 0.326 e. The van der Waals surface area contributed by atoms with Gasteiger partial charge in [0.1, 0.15) is 11.8 Å². The number of nitrogens with one attached hydrogen (secondary N) is 2. The molecular weight excluding hydrogens is 540 g/mol. The number of benzene rings is 2. The van der Waals surface area contributed by atoms with Gasteiger partial charge in [0.2, 0.25) is 0 Å². The van der Waals surface area contributed by atoms with Crippen molar-refractivity contribution in [3.05, 3.63) is 57.5 Å². The first kappa shape index (κ1) is 27.9. The SMILES string of the molecule is CCC(C(=N)C(=O)NC(CCCSC)C(=O)O)C(=Nc1ccc(N)cc1Cl)c1ccc(Br)cc1. The van der Waals surface area contributed by atoms with Gasteiger partial charge in [0.25, 0.3) is 5.91 Å². The molecule has 34 heavy (non-hydrogen) atoms. The second-order valence-electron chi connectivity index (χ2n) is 7.59. The third kappa shape index (κ3) is 7.85. The maximum atomic E-state index is 12.9. The highest BCUT2D eigenvalue weighted by molar-refractivity contribution is 9.10. The average Bonchev–Trinajstić information content (AvgIpc) is 2.80. The molecule has 0 spiro atoms. The van der Waals surface area contributed by atoms with E-state index in [9.17, 15) is 14.7 Å². The van der Waals surface area contributed by atoms with Crippen molar-refractivity contribution < 1.29 is 14.7 Å². The van der Waals surface area contributed by atoms with Gasteiger partial charge in [-0.05, 0) is 67.2 Å². The van der Waals surface area contributed by atoms with Gasteiger partial charge in [-0.3, -0.25) is 15.2 Å². The van der Waals surface area contributed by atoms with Crippen molar-refractivity contribution in [2.75, 3.05) is 17.7 Å². The van der Waals surface area contributed by atoms with Crippen LogP contribution in [-0.4, -0.2) is 46.5 Å². The molecule has 2 aromatic carbocycles. The summed E-state index contributed by atoms with van der Waals surface area (Å²) in [4.78, 5) is 29.3. The number of carboxylic acid groups (broad SMARTS) is 1. The molecule has 2 rings (SSSR count). The lowest BCUT2D eigenvalue weighted by Crippen LogP contribution is -2.46. The molecule has 7 nitrogen and oxygen atoms in total. The number of aliphatic imine (C=N–C) groups is 1. The van der Waals surface area contributed by atoms with E-state index in [1.165, 1.54) is 0 Å². The lowest BCUT2D eigenvalue weighted by molar-refractivity contribution is -0.141. The highest BCUT2D eigenvalue weighted by Crippen LogP contribution is 2.30. The van der Waals surface area contributed by atoms with Crippen molar-refractivity contribution in [3.8, 4) is 0 Å². The van der Waals surface area contributed by atoms with Gasteiger partial charge in [-0.15, -0.1) is 0 Å². The van der Waals surface area contributed by atoms with Crippen molar-refractivity contribution >= 4 is 74.0 Å². The topological polar surface area (TPSA) is 129 Å². The Morgan fingerprint density at radius 1 is 1.26 bits per heavy atom. The largest absolute Gasteiger partial charge is 0.480 e. The van der Waals surface area contributed by atoms with Crippen molar-refractivity contribution in [3.63, 3.8) is 0 Å². The van der Waals surface area contributed by atoms with Gasteiger partial charge in [-0.1, -0.05) is 46.6 Å². The molecule has 0 aliphatic carbocycles. The summed E-state index contributed by atoms with van der Waals surface area (Å²) in [5, 5.41) is 21.0. The van der Waals surface area contributed by atoms with Gasteiger partial charge in [0.15, 0.2) is 0 Å². The summed E-state index contributed by atoms with van der Waals surface area (Å²) in [5.74, 6) is -1.74. The van der Waals surface area contributed by atoms with Crippen LogP contribution < -0.4 is 11.1 Å². The van der Waals surface area contributed by atoms with Crippen LogP contribution in [0, 0.1) is 11.3 Å². The minimum absolute atomic E-state index is 0.258. The third-order valence-corrected chi connectivity index (χ3v) is 6.66. The fraction of sp³-hybridized carbons (Fsp3) is 0.333. The number of rotatable bonds is 12. The highest BCUT2D eigenvalue weighted by atomic mass is 79.9. The second kappa shape index (κ2) is 13.5. The van der Waals surface area contributed by atoms with Crippen LogP contribution in [0.15, 0.2) is 51.9 Å².